The van der Waals surface area contributed by atoms with E-state index < -0.39 is 12.0 Å². The van der Waals surface area contributed by atoms with E-state index in [1.807, 2.05) is 29.6 Å². The number of carboxylic acids is 1. The topological polar surface area (TPSA) is 66.0 Å². The molecule has 86 valence electrons. The molecule has 1 aliphatic rings. The lowest BCUT2D eigenvalue weighted by Crippen LogP contribution is -2.90. The summed E-state index contributed by atoms with van der Waals surface area (Å²) in [6, 6.07) is 7.26. The van der Waals surface area contributed by atoms with Gasteiger partial charge in [-0.2, -0.15) is 0 Å². The first-order chi connectivity index (χ1) is 7.70. The summed E-state index contributed by atoms with van der Waals surface area (Å²) in [6.07, 6.45) is 0. The van der Waals surface area contributed by atoms with Crippen LogP contribution in [-0.2, 0) is 4.79 Å². The second-order valence-electron chi connectivity index (χ2n) is 3.65. The standard InChI is InChI=1S/C11H13NO3S/c1-15-8-4-2-7(3-5-8)10-12-9(6-16-10)11(13)14/h2-5,9-10,12H,6H2,1H3,(H,13,14)/t9-,10+/m0/s1. The van der Waals surface area contributed by atoms with Gasteiger partial charge in [-0.25, -0.2) is 0 Å². The molecule has 1 heterocycles. The van der Waals surface area contributed by atoms with Crippen LogP contribution in [0.15, 0.2) is 24.3 Å². The van der Waals surface area contributed by atoms with Crippen molar-refractivity contribution in [3.8, 4) is 5.75 Å². The monoisotopic (exact) mass is 239 g/mol. The van der Waals surface area contributed by atoms with E-state index in [-0.39, 0.29) is 5.37 Å². The molecule has 0 bridgehead atoms. The molecule has 1 aromatic carbocycles. The van der Waals surface area contributed by atoms with Crippen LogP contribution < -0.4 is 15.2 Å². The summed E-state index contributed by atoms with van der Waals surface area (Å²) in [6.45, 7) is 0. The number of carbonyl (C=O) groups is 1. The van der Waals surface area contributed by atoms with Crippen molar-refractivity contribution in [1.82, 2.24) is 0 Å². The van der Waals surface area contributed by atoms with Gasteiger partial charge in [-0.1, -0.05) is 11.8 Å². The van der Waals surface area contributed by atoms with Crippen LogP contribution in [0.5, 0.6) is 5.75 Å². The number of carbonyl (C=O) groups excluding carboxylic acids is 1. The minimum atomic E-state index is -0.983. The van der Waals surface area contributed by atoms with E-state index in [2.05, 4.69) is 0 Å². The highest BCUT2D eigenvalue weighted by molar-refractivity contribution is 7.99. The second kappa shape index (κ2) is 4.76. The first-order valence-electron chi connectivity index (χ1n) is 5.02. The Balaban J connectivity index is 2.05. The molecular formula is C11H13NO3S. The van der Waals surface area contributed by atoms with Crippen molar-refractivity contribution in [3.63, 3.8) is 0 Å². The van der Waals surface area contributed by atoms with Crippen LogP contribution in [-0.4, -0.2) is 24.9 Å². The Morgan fingerprint density at radius 1 is 1.50 bits per heavy atom. The predicted molar refractivity (Wildman–Crippen MR) is 58.9 cm³/mol. The van der Waals surface area contributed by atoms with E-state index >= 15 is 0 Å². The molecule has 0 unspecified atom stereocenters. The molecule has 1 fully saturated rings. The molecule has 0 aromatic heterocycles. The summed E-state index contributed by atoms with van der Waals surface area (Å²) in [7, 11) is 1.62. The lowest BCUT2D eigenvalue weighted by Gasteiger charge is -2.11. The molecule has 5 heteroatoms. The minimum Gasteiger partial charge on any atom is -0.544 e. The smallest absolute Gasteiger partial charge is 0.159 e. The Morgan fingerprint density at radius 2 is 2.19 bits per heavy atom. The average Bonchev–Trinajstić information content (AvgIpc) is 2.78. The van der Waals surface area contributed by atoms with E-state index in [1.54, 1.807) is 18.9 Å². The maximum atomic E-state index is 10.7. The van der Waals surface area contributed by atoms with Crippen molar-refractivity contribution in [2.24, 2.45) is 0 Å². The van der Waals surface area contributed by atoms with Gasteiger partial charge in [0.1, 0.15) is 17.8 Å². The summed E-state index contributed by atoms with van der Waals surface area (Å²) in [5.74, 6) is 0.422. The van der Waals surface area contributed by atoms with Gasteiger partial charge in [0, 0.05) is 5.56 Å². The van der Waals surface area contributed by atoms with Crippen molar-refractivity contribution < 1.29 is 20.0 Å². The number of benzene rings is 1. The van der Waals surface area contributed by atoms with Gasteiger partial charge < -0.3 is 20.0 Å². The Morgan fingerprint density at radius 3 is 2.69 bits per heavy atom. The van der Waals surface area contributed by atoms with Gasteiger partial charge in [0.15, 0.2) is 5.37 Å². The van der Waals surface area contributed by atoms with Crippen LogP contribution in [0.2, 0.25) is 0 Å². The third kappa shape index (κ3) is 2.31. The molecule has 2 rings (SSSR count). The summed E-state index contributed by atoms with van der Waals surface area (Å²) in [4.78, 5) is 10.7. The highest BCUT2D eigenvalue weighted by atomic mass is 32.2. The van der Waals surface area contributed by atoms with Gasteiger partial charge in [-0.15, -0.1) is 0 Å². The molecule has 1 aromatic rings. The van der Waals surface area contributed by atoms with Gasteiger partial charge >= 0.3 is 0 Å². The van der Waals surface area contributed by atoms with Crippen LogP contribution in [0.4, 0.5) is 0 Å². The zero-order valence-corrected chi connectivity index (χ0v) is 9.70. The normalized spacial score (nSPS) is 24.3. The number of hydrogen-bond acceptors (Lipinski definition) is 4. The van der Waals surface area contributed by atoms with Crippen molar-refractivity contribution in [3.05, 3.63) is 29.8 Å². The molecule has 0 saturated carbocycles. The quantitative estimate of drug-likeness (QED) is 0.744. The van der Waals surface area contributed by atoms with E-state index in [9.17, 15) is 9.90 Å². The number of quaternary nitrogens is 1. The lowest BCUT2D eigenvalue weighted by atomic mass is 10.2. The van der Waals surface area contributed by atoms with Crippen molar-refractivity contribution in [1.29, 1.82) is 0 Å². The van der Waals surface area contributed by atoms with Crippen LogP contribution in [0, 0.1) is 0 Å². The largest absolute Gasteiger partial charge is 0.544 e. The van der Waals surface area contributed by atoms with Gasteiger partial charge in [-0.3, -0.25) is 0 Å². The maximum Gasteiger partial charge on any atom is 0.159 e. The number of aliphatic carboxylic acids is 1. The van der Waals surface area contributed by atoms with E-state index in [0.29, 0.717) is 5.75 Å². The molecule has 0 spiro atoms. The SMILES string of the molecule is COc1ccc([C@@H]2[NH2+][C@H](C(=O)[O-])CS2)cc1. The van der Waals surface area contributed by atoms with Gasteiger partial charge in [0.05, 0.1) is 12.9 Å². The first kappa shape index (κ1) is 11.3. The fourth-order valence-corrected chi connectivity index (χ4v) is 2.99. The molecule has 0 radical (unpaired) electrons. The number of hydrogen-bond donors (Lipinski definition) is 1. The zero-order valence-electron chi connectivity index (χ0n) is 8.88. The van der Waals surface area contributed by atoms with Crippen molar-refractivity contribution >= 4 is 17.7 Å². The number of nitrogens with two attached hydrogens (primary N) is 1. The molecule has 2 atom stereocenters. The van der Waals surface area contributed by atoms with E-state index in [0.717, 1.165) is 11.3 Å². The number of ether oxygens (including phenoxy) is 1. The van der Waals surface area contributed by atoms with Crippen LogP contribution >= 0.6 is 11.8 Å². The molecule has 2 N–H and O–H groups in total. The minimum absolute atomic E-state index is 0.147. The van der Waals surface area contributed by atoms with E-state index in [1.165, 1.54) is 0 Å². The molecular weight excluding hydrogens is 226 g/mol. The lowest BCUT2D eigenvalue weighted by molar-refractivity contribution is -0.690. The second-order valence-corrected chi connectivity index (χ2v) is 4.82. The van der Waals surface area contributed by atoms with Gasteiger partial charge in [0.25, 0.3) is 0 Å². The molecule has 4 nitrogen and oxygen atoms in total. The Bertz CT molecular complexity index is 379. The summed E-state index contributed by atoms with van der Waals surface area (Å²) in [5, 5.41) is 12.7. The van der Waals surface area contributed by atoms with Crippen LogP contribution in [0.3, 0.4) is 0 Å². The summed E-state index contributed by atoms with van der Waals surface area (Å²) >= 11 is 1.63. The fraction of sp³-hybridized carbons (Fsp3) is 0.364. The Hall–Kier alpha value is -1.20. The van der Waals surface area contributed by atoms with Gasteiger partial charge in [-0.05, 0) is 24.3 Å². The number of thioether (sulfide) groups is 1. The maximum absolute atomic E-state index is 10.7. The first-order valence-corrected chi connectivity index (χ1v) is 6.07. The molecule has 16 heavy (non-hydrogen) atoms. The predicted octanol–water partition coefficient (Wildman–Crippen LogP) is -0.877. The highest BCUT2D eigenvalue weighted by Crippen LogP contribution is 2.27. The van der Waals surface area contributed by atoms with Crippen LogP contribution in [0.25, 0.3) is 0 Å². The average molecular weight is 239 g/mol. The highest BCUT2D eigenvalue weighted by Gasteiger charge is 2.30. The Kier molecular flexibility index (Phi) is 3.36. The zero-order chi connectivity index (χ0) is 11.5. The number of carboxylic acid groups (broad SMARTS) is 1. The Labute approximate surface area is 98.0 Å². The summed E-state index contributed by atoms with van der Waals surface area (Å²) < 4.78 is 5.07. The third-order valence-corrected chi connectivity index (χ3v) is 3.95. The molecule has 1 saturated heterocycles. The third-order valence-electron chi connectivity index (χ3n) is 2.61. The molecule has 1 aliphatic heterocycles. The van der Waals surface area contributed by atoms with E-state index in [4.69, 9.17) is 4.74 Å². The fourth-order valence-electron chi connectivity index (χ4n) is 1.68. The van der Waals surface area contributed by atoms with Crippen molar-refractivity contribution in [2.75, 3.05) is 12.9 Å². The van der Waals surface area contributed by atoms with Crippen molar-refractivity contribution in [2.45, 2.75) is 11.4 Å². The van der Waals surface area contributed by atoms with Crippen LogP contribution in [0.1, 0.15) is 10.9 Å². The number of methoxy groups -OCH3 is 1. The van der Waals surface area contributed by atoms with Gasteiger partial charge in [0.2, 0.25) is 0 Å². The summed E-state index contributed by atoms with van der Waals surface area (Å²) in [5.41, 5.74) is 1.11. The molecule has 0 amide bonds. The number of rotatable bonds is 3. The molecule has 0 aliphatic carbocycles.